The molecule has 15 nitrogen and oxygen atoms in total. The summed E-state index contributed by atoms with van der Waals surface area (Å²) >= 11 is 0. The average Bonchev–Trinajstić information content (AvgIpc) is 4.10. The van der Waals surface area contributed by atoms with Crippen LogP contribution in [0.4, 0.5) is 9.59 Å². The van der Waals surface area contributed by atoms with Crippen molar-refractivity contribution >= 4 is 34.8 Å². The van der Waals surface area contributed by atoms with E-state index >= 15 is 0 Å². The number of nitriles is 1. The fourth-order valence-corrected chi connectivity index (χ4v) is 8.24. The minimum atomic E-state index is -0.808. The van der Waals surface area contributed by atoms with Crippen molar-refractivity contribution in [1.29, 1.82) is 5.26 Å². The first kappa shape index (κ1) is 41.5. The van der Waals surface area contributed by atoms with Gasteiger partial charge in [0.15, 0.2) is 0 Å². The summed E-state index contributed by atoms with van der Waals surface area (Å²) in [5.74, 6) is 0.203. The number of carbonyl (C=O) groups excluding carboxylic acids is 4. The van der Waals surface area contributed by atoms with Crippen molar-refractivity contribution in [3.05, 3.63) is 84.7 Å². The summed E-state index contributed by atoms with van der Waals surface area (Å²) < 4.78 is 9.52. The molecule has 2 aliphatic rings. The molecule has 2 unspecified atom stereocenters. The van der Waals surface area contributed by atoms with E-state index < -0.39 is 30.3 Å². The summed E-state index contributed by atoms with van der Waals surface area (Å²) in [4.78, 5) is 71.0. The van der Waals surface area contributed by atoms with E-state index in [0.717, 1.165) is 63.1 Å². The molecular formula is C45H51N9O6. The van der Waals surface area contributed by atoms with E-state index in [2.05, 4.69) is 80.2 Å². The predicted octanol–water partition coefficient (Wildman–Crippen LogP) is 7.12. The quantitative estimate of drug-likeness (QED) is 0.107. The third-order valence-corrected chi connectivity index (χ3v) is 11.6. The Kier molecular flexibility index (Phi) is 12.2. The lowest BCUT2D eigenvalue weighted by Crippen LogP contribution is -2.51. The van der Waals surface area contributed by atoms with Gasteiger partial charge >= 0.3 is 12.2 Å². The van der Waals surface area contributed by atoms with Gasteiger partial charge in [0.2, 0.25) is 11.8 Å². The van der Waals surface area contributed by atoms with Crippen LogP contribution in [-0.2, 0) is 19.1 Å². The van der Waals surface area contributed by atoms with Gasteiger partial charge in [0.1, 0.15) is 23.7 Å². The number of nitrogens with zero attached hydrogens (tertiary/aromatic N) is 5. The molecular weight excluding hydrogens is 763 g/mol. The van der Waals surface area contributed by atoms with Gasteiger partial charge in [-0.05, 0) is 70.7 Å². The maximum atomic E-state index is 13.7. The van der Waals surface area contributed by atoms with Crippen molar-refractivity contribution in [1.82, 2.24) is 40.4 Å². The van der Waals surface area contributed by atoms with Gasteiger partial charge in [0, 0.05) is 18.7 Å². The van der Waals surface area contributed by atoms with Crippen LogP contribution in [-0.4, -0.2) is 93.1 Å². The molecule has 0 aliphatic carbocycles. The van der Waals surface area contributed by atoms with Crippen LogP contribution in [0.3, 0.4) is 0 Å². The zero-order valence-electron chi connectivity index (χ0n) is 34.7. The van der Waals surface area contributed by atoms with Crippen molar-refractivity contribution in [2.24, 2.45) is 17.8 Å². The van der Waals surface area contributed by atoms with Gasteiger partial charge in [0.05, 0.1) is 62.1 Å². The molecule has 312 valence electrons. The molecule has 7 rings (SSSR count). The van der Waals surface area contributed by atoms with E-state index in [-0.39, 0.29) is 42.2 Å². The van der Waals surface area contributed by atoms with Crippen LogP contribution in [0.5, 0.6) is 0 Å². The SMILES string of the molecule is COC(=O)NC(C(=O)N1CCC[C@H]1c1ncc(-c2ccc3cc(-c4ccc(-c5cnc([C@@H]6CC(C#N)CN6C(=O)[C@@H](NC(=O)OC)C(C)C)[nH]5)cc4)ccc3c2)[nH]1)C(C)C. The molecule has 0 spiro atoms. The van der Waals surface area contributed by atoms with Crippen molar-refractivity contribution in [3.63, 3.8) is 0 Å². The largest absolute Gasteiger partial charge is 0.453 e. The molecule has 2 saturated heterocycles. The van der Waals surface area contributed by atoms with E-state index in [1.807, 2.05) is 46.0 Å². The molecule has 4 N–H and O–H groups in total. The lowest BCUT2D eigenvalue weighted by molar-refractivity contribution is -0.136. The Balaban J connectivity index is 1.04. The lowest BCUT2D eigenvalue weighted by Gasteiger charge is -2.30. The number of methoxy groups -OCH3 is 2. The fraction of sp³-hybridized carbons (Fsp3) is 0.400. The smallest absolute Gasteiger partial charge is 0.407 e. The predicted molar refractivity (Wildman–Crippen MR) is 225 cm³/mol. The summed E-state index contributed by atoms with van der Waals surface area (Å²) in [6.45, 7) is 8.33. The molecule has 0 bridgehead atoms. The van der Waals surface area contributed by atoms with E-state index in [1.165, 1.54) is 14.2 Å². The van der Waals surface area contributed by atoms with Gasteiger partial charge in [-0.2, -0.15) is 5.26 Å². The number of aromatic amines is 2. The molecule has 2 fully saturated rings. The van der Waals surface area contributed by atoms with E-state index in [1.54, 1.807) is 16.0 Å². The Bertz CT molecular complexity index is 2410. The van der Waals surface area contributed by atoms with Crippen LogP contribution < -0.4 is 10.6 Å². The number of alkyl carbamates (subject to hydrolysis) is 2. The van der Waals surface area contributed by atoms with Crippen molar-refractivity contribution in [3.8, 4) is 39.7 Å². The van der Waals surface area contributed by atoms with Crippen LogP contribution in [0.2, 0.25) is 0 Å². The number of aromatic nitrogens is 4. The molecule has 2 aromatic heterocycles. The second-order valence-corrected chi connectivity index (χ2v) is 16.2. The van der Waals surface area contributed by atoms with Crippen LogP contribution >= 0.6 is 0 Å². The average molecular weight is 814 g/mol. The topological polar surface area (TPSA) is 198 Å². The first-order chi connectivity index (χ1) is 28.9. The minimum Gasteiger partial charge on any atom is -0.453 e. The van der Waals surface area contributed by atoms with Crippen LogP contribution in [0.15, 0.2) is 73.1 Å². The summed E-state index contributed by atoms with van der Waals surface area (Å²) in [5, 5.41) is 17.2. The number of likely N-dealkylation sites (tertiary alicyclic amines) is 2. The highest BCUT2D eigenvalue weighted by atomic mass is 16.5. The molecule has 4 amide bonds. The molecule has 5 atom stereocenters. The maximum Gasteiger partial charge on any atom is 0.407 e. The van der Waals surface area contributed by atoms with Crippen LogP contribution in [0, 0.1) is 29.1 Å². The fourth-order valence-electron chi connectivity index (χ4n) is 8.24. The lowest BCUT2D eigenvalue weighted by atomic mass is 9.98. The zero-order chi connectivity index (χ0) is 42.7. The standard InChI is InChI=1S/C45H51N9O6/c1-25(2)38(51-44(57)59-5)42(55)53-17-7-8-36(53)40-47-23-35(50-40)33-16-15-31-19-30(13-14-32(31)20-33)28-9-11-29(12-10-28)34-22-48-41(49-34)37-18-27(21-46)24-54(37)43(56)39(26(3)4)52-45(58)60-6/h9-16,19-20,22-23,25-27,36-39H,7-8,17-18,24H2,1-6H3,(H,47,50)(H,48,49)(H,51,57)(H,52,58)/t27?,36-,37-,38?,39-/m0/s1. The van der Waals surface area contributed by atoms with Gasteiger partial charge < -0.3 is 39.9 Å². The molecule has 3 aromatic carbocycles. The number of imidazole rings is 2. The monoisotopic (exact) mass is 813 g/mol. The van der Waals surface area contributed by atoms with E-state index in [9.17, 15) is 24.4 Å². The Hall–Kier alpha value is -6.69. The number of carbonyl (C=O) groups is 4. The summed E-state index contributed by atoms with van der Waals surface area (Å²) in [6, 6.07) is 20.9. The van der Waals surface area contributed by atoms with Gasteiger partial charge in [0.25, 0.3) is 0 Å². The summed E-state index contributed by atoms with van der Waals surface area (Å²) in [5.41, 5.74) is 5.64. The highest BCUT2D eigenvalue weighted by molar-refractivity contribution is 5.91. The number of fused-ring (bicyclic) bond motifs is 1. The number of H-pyrrole nitrogens is 2. The first-order valence-corrected chi connectivity index (χ1v) is 20.3. The Morgan fingerprint density at radius 1 is 0.717 bits per heavy atom. The van der Waals surface area contributed by atoms with E-state index in [0.29, 0.717) is 18.8 Å². The van der Waals surface area contributed by atoms with Gasteiger partial charge in [-0.1, -0.05) is 76.2 Å². The Morgan fingerprint density at radius 2 is 1.22 bits per heavy atom. The maximum absolute atomic E-state index is 13.7. The van der Waals surface area contributed by atoms with Crippen molar-refractivity contribution in [2.75, 3.05) is 27.3 Å². The van der Waals surface area contributed by atoms with E-state index in [4.69, 9.17) is 14.5 Å². The zero-order valence-corrected chi connectivity index (χ0v) is 34.7. The number of hydrogen-bond donors (Lipinski definition) is 4. The first-order valence-electron chi connectivity index (χ1n) is 20.3. The highest BCUT2D eigenvalue weighted by Crippen LogP contribution is 2.37. The van der Waals surface area contributed by atoms with Gasteiger partial charge in [-0.15, -0.1) is 0 Å². The van der Waals surface area contributed by atoms with Crippen molar-refractivity contribution in [2.45, 2.75) is 71.1 Å². The number of ether oxygens (including phenoxy) is 2. The molecule has 4 heterocycles. The molecule has 0 saturated carbocycles. The second kappa shape index (κ2) is 17.7. The number of hydrogen-bond acceptors (Lipinski definition) is 9. The van der Waals surface area contributed by atoms with Crippen molar-refractivity contribution < 1.29 is 28.7 Å². The highest BCUT2D eigenvalue weighted by Gasteiger charge is 2.42. The van der Waals surface area contributed by atoms with Crippen LogP contribution in [0.1, 0.15) is 70.7 Å². The number of amides is 4. The summed E-state index contributed by atoms with van der Waals surface area (Å²) in [6.07, 6.45) is 4.28. The molecule has 2 aliphatic heterocycles. The normalized spacial score (nSPS) is 18.7. The van der Waals surface area contributed by atoms with Gasteiger partial charge in [-0.25, -0.2) is 19.6 Å². The summed E-state index contributed by atoms with van der Waals surface area (Å²) in [7, 11) is 2.54. The molecule has 15 heteroatoms. The van der Waals surface area contributed by atoms with Crippen LogP contribution in [0.25, 0.3) is 44.4 Å². The number of rotatable bonds is 11. The number of benzene rings is 3. The molecule has 60 heavy (non-hydrogen) atoms. The minimum absolute atomic E-state index is 0.114. The Labute approximate surface area is 348 Å². The van der Waals surface area contributed by atoms with Gasteiger partial charge in [-0.3, -0.25) is 9.59 Å². The Morgan fingerprint density at radius 3 is 1.78 bits per heavy atom. The third-order valence-electron chi connectivity index (χ3n) is 11.6. The second-order valence-electron chi connectivity index (χ2n) is 16.2. The third kappa shape index (κ3) is 8.54. The number of nitrogens with one attached hydrogen (secondary N) is 4. The molecule has 0 radical (unpaired) electrons. The molecule has 5 aromatic rings.